The van der Waals surface area contributed by atoms with Crippen LogP contribution < -0.4 is 0 Å². The smallest absolute Gasteiger partial charge is 0.0446 e. The second-order valence-corrected chi connectivity index (χ2v) is 7.32. The van der Waals surface area contributed by atoms with E-state index in [1.165, 1.54) is 10.4 Å². The Kier molecular flexibility index (Phi) is 6.61. The van der Waals surface area contributed by atoms with Crippen LogP contribution in [-0.2, 0) is 6.54 Å². The second kappa shape index (κ2) is 9.14. The molecule has 2 heterocycles. The van der Waals surface area contributed by atoms with E-state index in [4.69, 9.17) is 0 Å². The quantitative estimate of drug-likeness (QED) is 0.836. The van der Waals surface area contributed by atoms with Gasteiger partial charge in [-0.3, -0.25) is 9.80 Å². The zero-order valence-corrected chi connectivity index (χ0v) is 14.9. The highest BCUT2D eigenvalue weighted by atomic mass is 32.1. The average molecular weight is 343 g/mol. The van der Waals surface area contributed by atoms with E-state index in [1.807, 2.05) is 17.4 Å². The molecule has 0 radical (unpaired) electrons. The summed E-state index contributed by atoms with van der Waals surface area (Å²) in [5.41, 5.74) is 1.25. The van der Waals surface area contributed by atoms with Gasteiger partial charge in [-0.15, -0.1) is 11.3 Å². The first-order chi connectivity index (χ1) is 11.8. The minimum absolute atomic E-state index is 0.263. The summed E-state index contributed by atoms with van der Waals surface area (Å²) in [5.74, 6) is 0. The number of thiophene rings is 1. The summed E-state index contributed by atoms with van der Waals surface area (Å²) in [6.45, 7) is 5.44. The van der Waals surface area contributed by atoms with E-state index < -0.39 is 0 Å². The molecule has 128 valence electrons. The van der Waals surface area contributed by atoms with Gasteiger partial charge in [-0.1, -0.05) is 48.6 Å². The number of hydrogen-bond acceptors (Lipinski definition) is 4. The Morgan fingerprint density at radius 3 is 2.75 bits per heavy atom. The molecule has 4 heteroatoms. The summed E-state index contributed by atoms with van der Waals surface area (Å²) in [6, 6.07) is 15.2. The van der Waals surface area contributed by atoms with E-state index in [9.17, 15) is 5.11 Å². The Morgan fingerprint density at radius 2 is 2.00 bits per heavy atom. The molecule has 24 heavy (non-hydrogen) atoms. The predicted molar refractivity (Wildman–Crippen MR) is 102 cm³/mol. The van der Waals surface area contributed by atoms with Crippen LogP contribution in [0.4, 0.5) is 0 Å². The Bertz CT molecular complexity index is 612. The van der Waals surface area contributed by atoms with Gasteiger partial charge in [-0.2, -0.15) is 0 Å². The fourth-order valence-electron chi connectivity index (χ4n) is 3.26. The molecule has 1 aliphatic rings. The lowest BCUT2D eigenvalue weighted by Gasteiger charge is -2.41. The number of aliphatic hydroxyl groups excluding tert-OH is 1. The number of hydrogen-bond donors (Lipinski definition) is 1. The summed E-state index contributed by atoms with van der Waals surface area (Å²) in [7, 11) is 0. The van der Waals surface area contributed by atoms with Gasteiger partial charge in [-0.05, 0) is 23.4 Å². The molecule has 1 unspecified atom stereocenters. The molecule has 1 N–H and O–H groups in total. The van der Waals surface area contributed by atoms with E-state index in [1.54, 1.807) is 0 Å². The normalized spacial score (nSPS) is 20.0. The molecule has 0 amide bonds. The predicted octanol–water partition coefficient (Wildman–Crippen LogP) is 3.33. The molecule has 0 aliphatic carbocycles. The molecule has 3 nitrogen and oxygen atoms in total. The van der Waals surface area contributed by atoms with Crippen molar-refractivity contribution in [3.63, 3.8) is 0 Å². The fourth-order valence-corrected chi connectivity index (χ4v) is 3.99. The minimum Gasteiger partial charge on any atom is -0.396 e. The monoisotopic (exact) mass is 342 g/mol. The largest absolute Gasteiger partial charge is 0.396 e. The molecule has 0 bridgehead atoms. The van der Waals surface area contributed by atoms with E-state index in [0.717, 1.165) is 39.1 Å². The number of nitrogens with zero attached hydrogens (tertiary/aromatic N) is 2. The van der Waals surface area contributed by atoms with Crippen LogP contribution >= 0.6 is 11.3 Å². The van der Waals surface area contributed by atoms with Crippen LogP contribution in [0.3, 0.4) is 0 Å². The van der Waals surface area contributed by atoms with Gasteiger partial charge in [0.25, 0.3) is 0 Å². The molecule has 1 fully saturated rings. The molecule has 2 aromatic rings. The highest BCUT2D eigenvalue weighted by molar-refractivity contribution is 7.09. The molecule has 1 aromatic carbocycles. The second-order valence-electron chi connectivity index (χ2n) is 6.29. The first-order valence-corrected chi connectivity index (χ1v) is 9.54. The molecule has 3 rings (SSSR count). The first kappa shape index (κ1) is 17.4. The van der Waals surface area contributed by atoms with Crippen LogP contribution in [-0.4, -0.2) is 53.7 Å². The van der Waals surface area contributed by atoms with E-state index >= 15 is 0 Å². The summed E-state index contributed by atoms with van der Waals surface area (Å²) < 4.78 is 0. The Morgan fingerprint density at radius 1 is 1.12 bits per heavy atom. The number of aliphatic hydroxyl groups is 1. The summed E-state index contributed by atoms with van der Waals surface area (Å²) >= 11 is 1.82. The van der Waals surface area contributed by atoms with E-state index in [-0.39, 0.29) is 6.61 Å². The maximum absolute atomic E-state index is 9.42. The maximum atomic E-state index is 9.42. The third-order valence-corrected chi connectivity index (χ3v) is 5.42. The molecule has 0 spiro atoms. The van der Waals surface area contributed by atoms with Gasteiger partial charge in [-0.25, -0.2) is 0 Å². The van der Waals surface area contributed by atoms with Crippen LogP contribution in [0.2, 0.25) is 0 Å². The summed E-state index contributed by atoms with van der Waals surface area (Å²) in [5, 5.41) is 11.6. The third-order valence-electron chi connectivity index (χ3n) is 4.56. The topological polar surface area (TPSA) is 26.7 Å². The SMILES string of the molecule is OCCC1CN(CC=Cc2ccccc2)CCN1Cc1cccs1. The van der Waals surface area contributed by atoms with Crippen molar-refractivity contribution >= 4 is 17.4 Å². The lowest BCUT2D eigenvalue weighted by Crippen LogP contribution is -2.52. The van der Waals surface area contributed by atoms with E-state index in [0.29, 0.717) is 6.04 Å². The van der Waals surface area contributed by atoms with Crippen molar-refractivity contribution < 1.29 is 5.11 Å². The fraction of sp³-hybridized carbons (Fsp3) is 0.400. The van der Waals surface area contributed by atoms with E-state index in [2.05, 4.69) is 63.7 Å². The van der Waals surface area contributed by atoms with Crippen molar-refractivity contribution in [3.8, 4) is 0 Å². The Hall–Kier alpha value is -1.46. The van der Waals surface area contributed by atoms with Crippen molar-refractivity contribution in [2.45, 2.75) is 19.0 Å². The maximum Gasteiger partial charge on any atom is 0.0446 e. The Balaban J connectivity index is 1.53. The highest BCUT2D eigenvalue weighted by Gasteiger charge is 2.26. The summed E-state index contributed by atoms with van der Waals surface area (Å²) in [6.07, 6.45) is 5.30. The Labute approximate surface area is 148 Å². The molecule has 1 aromatic heterocycles. The van der Waals surface area contributed by atoms with Gasteiger partial charge in [0, 0.05) is 50.2 Å². The van der Waals surface area contributed by atoms with Crippen molar-refractivity contribution in [3.05, 3.63) is 64.4 Å². The van der Waals surface area contributed by atoms with Gasteiger partial charge in [0.15, 0.2) is 0 Å². The van der Waals surface area contributed by atoms with Crippen molar-refractivity contribution in [1.82, 2.24) is 9.80 Å². The van der Waals surface area contributed by atoms with Crippen molar-refractivity contribution in [2.24, 2.45) is 0 Å². The zero-order chi connectivity index (χ0) is 16.6. The van der Waals surface area contributed by atoms with Crippen molar-refractivity contribution in [1.29, 1.82) is 0 Å². The van der Waals surface area contributed by atoms with Crippen LogP contribution in [0.5, 0.6) is 0 Å². The van der Waals surface area contributed by atoms with Crippen molar-refractivity contribution in [2.75, 3.05) is 32.8 Å². The van der Waals surface area contributed by atoms with Crippen LogP contribution in [0.25, 0.3) is 6.08 Å². The van der Waals surface area contributed by atoms with Gasteiger partial charge in [0.2, 0.25) is 0 Å². The first-order valence-electron chi connectivity index (χ1n) is 8.66. The third kappa shape index (κ3) is 5.02. The molecule has 0 saturated carbocycles. The average Bonchev–Trinajstić information content (AvgIpc) is 3.11. The molecule has 1 aliphatic heterocycles. The minimum atomic E-state index is 0.263. The standard InChI is InChI=1S/C20H26N2OS/c23-14-10-19-16-21(11-4-8-18-6-2-1-3-7-18)12-13-22(19)17-20-9-5-15-24-20/h1-9,15,19,23H,10-14,16-17H2. The van der Waals surface area contributed by atoms with Crippen LogP contribution in [0.15, 0.2) is 53.9 Å². The molecular formula is C20H26N2OS. The summed E-state index contributed by atoms with van der Waals surface area (Å²) in [4.78, 5) is 6.43. The van der Waals surface area contributed by atoms with Crippen LogP contribution in [0, 0.1) is 0 Å². The number of benzene rings is 1. The number of piperazine rings is 1. The molecule has 1 saturated heterocycles. The lowest BCUT2D eigenvalue weighted by atomic mass is 10.1. The van der Waals surface area contributed by atoms with Gasteiger partial charge in [0.05, 0.1) is 0 Å². The van der Waals surface area contributed by atoms with Gasteiger partial charge >= 0.3 is 0 Å². The van der Waals surface area contributed by atoms with Crippen LogP contribution in [0.1, 0.15) is 16.9 Å². The highest BCUT2D eigenvalue weighted by Crippen LogP contribution is 2.19. The zero-order valence-electron chi connectivity index (χ0n) is 14.1. The molecular weight excluding hydrogens is 316 g/mol. The molecule has 1 atom stereocenters. The lowest BCUT2D eigenvalue weighted by molar-refractivity contribution is 0.0604. The van der Waals surface area contributed by atoms with Gasteiger partial charge in [0.1, 0.15) is 0 Å². The number of rotatable bonds is 7. The van der Waals surface area contributed by atoms with Gasteiger partial charge < -0.3 is 5.11 Å².